The number of benzene rings is 2. The van der Waals surface area contributed by atoms with E-state index in [0.717, 1.165) is 23.2 Å². The molecule has 0 fully saturated rings. The van der Waals surface area contributed by atoms with Crippen molar-refractivity contribution in [2.45, 2.75) is 19.5 Å². The number of pyridine rings is 1. The van der Waals surface area contributed by atoms with Gasteiger partial charge in [-0.1, -0.05) is 18.2 Å². The number of carbonyl (C=O) groups excluding carboxylic acids is 1. The third kappa shape index (κ3) is 4.59. The van der Waals surface area contributed by atoms with Crippen LogP contribution in [-0.2, 0) is 6.18 Å². The Kier molecular flexibility index (Phi) is 5.72. The Bertz CT molecular complexity index is 1420. The lowest BCUT2D eigenvalue weighted by Crippen LogP contribution is -2.36. The van der Waals surface area contributed by atoms with E-state index in [9.17, 15) is 18.0 Å². The number of nitrogens with one attached hydrogen (secondary N) is 2. The van der Waals surface area contributed by atoms with Crippen molar-refractivity contribution in [3.05, 3.63) is 71.9 Å². The van der Waals surface area contributed by atoms with E-state index in [1.54, 1.807) is 30.3 Å². The van der Waals surface area contributed by atoms with Crippen molar-refractivity contribution >= 4 is 34.1 Å². The van der Waals surface area contributed by atoms with Gasteiger partial charge in [0, 0.05) is 24.0 Å². The third-order valence-corrected chi connectivity index (χ3v) is 5.73. The van der Waals surface area contributed by atoms with Gasteiger partial charge in [-0.15, -0.1) is 0 Å². The highest BCUT2D eigenvalue weighted by atomic mass is 19.4. The molecule has 178 valence electrons. The molecule has 2 aromatic heterocycles. The SMILES string of the molecule is Cc1cc2c(NC(=O)N3CCCNc4ccc(-c5cccc(C(F)(F)F)c5)nc43)cccc2nn1. The largest absolute Gasteiger partial charge is 0.416 e. The van der Waals surface area contributed by atoms with Crippen LogP contribution in [0, 0.1) is 6.92 Å². The molecule has 4 aromatic rings. The van der Waals surface area contributed by atoms with Gasteiger partial charge in [0.25, 0.3) is 0 Å². The highest BCUT2D eigenvalue weighted by molar-refractivity contribution is 6.07. The second kappa shape index (κ2) is 8.86. The Morgan fingerprint density at radius 2 is 1.89 bits per heavy atom. The molecule has 5 rings (SSSR count). The maximum Gasteiger partial charge on any atom is 0.416 e. The first kappa shape index (κ1) is 22.6. The maximum absolute atomic E-state index is 13.4. The molecule has 0 bridgehead atoms. The predicted molar refractivity (Wildman–Crippen MR) is 128 cm³/mol. The molecule has 0 aliphatic carbocycles. The maximum atomic E-state index is 13.4. The highest BCUT2D eigenvalue weighted by Crippen LogP contribution is 2.34. The molecule has 0 atom stereocenters. The van der Waals surface area contributed by atoms with Crippen LogP contribution >= 0.6 is 0 Å². The van der Waals surface area contributed by atoms with Crippen molar-refractivity contribution in [3.8, 4) is 11.3 Å². The molecule has 7 nitrogen and oxygen atoms in total. The van der Waals surface area contributed by atoms with Crippen LogP contribution in [0.15, 0.2) is 60.7 Å². The summed E-state index contributed by atoms with van der Waals surface area (Å²) in [4.78, 5) is 19.5. The van der Waals surface area contributed by atoms with Crippen molar-refractivity contribution in [2.75, 3.05) is 28.6 Å². The fourth-order valence-corrected chi connectivity index (χ4v) is 4.03. The van der Waals surface area contributed by atoms with Crippen LogP contribution in [0.4, 0.5) is 35.2 Å². The molecule has 0 spiro atoms. The van der Waals surface area contributed by atoms with E-state index in [2.05, 4.69) is 25.8 Å². The number of amides is 2. The number of urea groups is 1. The molecule has 1 aliphatic rings. The molecule has 0 radical (unpaired) electrons. The molecule has 3 heterocycles. The number of anilines is 3. The summed E-state index contributed by atoms with van der Waals surface area (Å²) >= 11 is 0. The van der Waals surface area contributed by atoms with E-state index >= 15 is 0 Å². The second-order valence-electron chi connectivity index (χ2n) is 8.23. The van der Waals surface area contributed by atoms with Crippen molar-refractivity contribution in [2.24, 2.45) is 0 Å². The lowest BCUT2D eigenvalue weighted by atomic mass is 10.1. The summed E-state index contributed by atoms with van der Waals surface area (Å²) in [5.74, 6) is 0.353. The summed E-state index contributed by atoms with van der Waals surface area (Å²) in [6.07, 6.45) is -3.79. The van der Waals surface area contributed by atoms with Gasteiger partial charge in [0.05, 0.1) is 33.8 Å². The van der Waals surface area contributed by atoms with Crippen LogP contribution in [0.3, 0.4) is 0 Å². The summed E-state index contributed by atoms with van der Waals surface area (Å²) in [6, 6.07) is 15.2. The minimum Gasteiger partial charge on any atom is -0.382 e. The molecular formula is C25H21F3N6O. The van der Waals surface area contributed by atoms with Crippen LogP contribution in [0.25, 0.3) is 22.2 Å². The van der Waals surface area contributed by atoms with Crippen LogP contribution in [-0.4, -0.2) is 34.3 Å². The lowest BCUT2D eigenvalue weighted by Gasteiger charge is -2.23. The number of fused-ring (bicyclic) bond motifs is 2. The van der Waals surface area contributed by atoms with Gasteiger partial charge in [-0.2, -0.15) is 23.4 Å². The molecule has 10 heteroatoms. The van der Waals surface area contributed by atoms with Gasteiger partial charge in [0.2, 0.25) is 0 Å². The molecule has 2 amide bonds. The Balaban J connectivity index is 1.51. The van der Waals surface area contributed by atoms with Crippen molar-refractivity contribution in [3.63, 3.8) is 0 Å². The van der Waals surface area contributed by atoms with E-state index in [1.165, 1.54) is 11.0 Å². The van der Waals surface area contributed by atoms with Crippen LogP contribution in [0.2, 0.25) is 0 Å². The first-order valence-corrected chi connectivity index (χ1v) is 11.0. The average molecular weight is 478 g/mol. The topological polar surface area (TPSA) is 83.0 Å². The summed E-state index contributed by atoms with van der Waals surface area (Å²) in [5, 5.41) is 15.2. The second-order valence-corrected chi connectivity index (χ2v) is 8.23. The molecule has 0 saturated heterocycles. The van der Waals surface area contributed by atoms with Gasteiger partial charge in [-0.3, -0.25) is 4.90 Å². The molecule has 0 saturated carbocycles. The van der Waals surface area contributed by atoms with Gasteiger partial charge < -0.3 is 10.6 Å². The number of nitrogens with zero attached hydrogens (tertiary/aromatic N) is 4. The number of carbonyl (C=O) groups is 1. The predicted octanol–water partition coefficient (Wildman–Crippen LogP) is 5.87. The normalized spacial score (nSPS) is 13.7. The summed E-state index contributed by atoms with van der Waals surface area (Å²) in [5.41, 5.74) is 2.48. The van der Waals surface area contributed by atoms with Gasteiger partial charge in [0.1, 0.15) is 0 Å². The summed E-state index contributed by atoms with van der Waals surface area (Å²) in [6.45, 7) is 2.83. The number of rotatable bonds is 2. The Hall–Kier alpha value is -4.21. The van der Waals surface area contributed by atoms with E-state index < -0.39 is 17.8 Å². The molecule has 2 N–H and O–H groups in total. The summed E-state index contributed by atoms with van der Waals surface area (Å²) < 4.78 is 39.7. The number of hydrogen-bond donors (Lipinski definition) is 2. The first-order valence-electron chi connectivity index (χ1n) is 11.0. The van der Waals surface area contributed by atoms with Gasteiger partial charge >= 0.3 is 12.2 Å². The zero-order chi connectivity index (χ0) is 24.6. The fraction of sp³-hybridized carbons (Fsp3) is 0.200. The Morgan fingerprint density at radius 1 is 1.06 bits per heavy atom. The molecular weight excluding hydrogens is 457 g/mol. The zero-order valence-corrected chi connectivity index (χ0v) is 18.7. The monoisotopic (exact) mass is 478 g/mol. The third-order valence-electron chi connectivity index (χ3n) is 5.73. The van der Waals surface area contributed by atoms with Gasteiger partial charge in [-0.05, 0) is 55.8 Å². The minimum atomic E-state index is -4.46. The van der Waals surface area contributed by atoms with Crippen molar-refractivity contribution < 1.29 is 18.0 Å². The molecule has 2 aromatic carbocycles. The quantitative estimate of drug-likeness (QED) is 0.376. The van der Waals surface area contributed by atoms with Gasteiger partial charge in [-0.25, -0.2) is 9.78 Å². The molecule has 1 aliphatic heterocycles. The van der Waals surface area contributed by atoms with Gasteiger partial charge in [0.15, 0.2) is 5.82 Å². The van der Waals surface area contributed by atoms with Crippen LogP contribution in [0.1, 0.15) is 17.7 Å². The number of aromatic nitrogens is 3. The molecule has 35 heavy (non-hydrogen) atoms. The standard InChI is InChI=1S/C25H21F3N6O/c1-15-13-18-20(7-3-8-21(18)33-32-15)31-24(35)34-12-4-11-29-22-10-9-19(30-23(22)34)16-5-2-6-17(14-16)25(26,27)28/h2-3,5-10,13-14,29H,4,11-12H2,1H3,(H,31,35). The zero-order valence-electron chi connectivity index (χ0n) is 18.7. The highest BCUT2D eigenvalue weighted by Gasteiger charge is 2.31. The van der Waals surface area contributed by atoms with Crippen LogP contribution in [0.5, 0.6) is 0 Å². The van der Waals surface area contributed by atoms with E-state index in [4.69, 9.17) is 0 Å². The van der Waals surface area contributed by atoms with Crippen molar-refractivity contribution in [1.82, 2.24) is 15.2 Å². The smallest absolute Gasteiger partial charge is 0.382 e. The lowest BCUT2D eigenvalue weighted by molar-refractivity contribution is -0.137. The van der Waals surface area contributed by atoms with Crippen molar-refractivity contribution in [1.29, 1.82) is 0 Å². The number of aryl methyl sites for hydroxylation is 1. The van der Waals surface area contributed by atoms with E-state index in [-0.39, 0.29) is 0 Å². The first-order chi connectivity index (χ1) is 16.8. The minimum absolute atomic E-state index is 0.315. The number of alkyl halides is 3. The summed E-state index contributed by atoms with van der Waals surface area (Å²) in [7, 11) is 0. The average Bonchev–Trinajstić information content (AvgIpc) is 3.06. The molecule has 0 unspecified atom stereocenters. The Labute approximate surface area is 199 Å². The van der Waals surface area contributed by atoms with E-state index in [0.29, 0.717) is 53.5 Å². The number of hydrogen-bond acceptors (Lipinski definition) is 5. The number of halogens is 3. The fourth-order valence-electron chi connectivity index (χ4n) is 4.03. The van der Waals surface area contributed by atoms with Crippen LogP contribution < -0.4 is 15.5 Å². The Morgan fingerprint density at radius 3 is 2.71 bits per heavy atom. The van der Waals surface area contributed by atoms with E-state index in [1.807, 2.05) is 19.1 Å².